The molecular weight excluding hydrogens is 371 g/mol. The average Bonchev–Trinajstić information content (AvgIpc) is 2.74. The van der Waals surface area contributed by atoms with E-state index in [-0.39, 0.29) is 18.0 Å². The molecule has 0 unspecified atom stereocenters. The number of halogens is 1. The Morgan fingerprint density at radius 1 is 0.828 bits per heavy atom. The molecule has 0 atom stereocenters. The molecule has 3 aromatic rings. The van der Waals surface area contributed by atoms with E-state index in [0.29, 0.717) is 13.0 Å². The lowest BCUT2D eigenvalue weighted by Gasteiger charge is -2.10. The minimum absolute atomic E-state index is 0.0687. The molecule has 2 amide bonds. The Balaban J connectivity index is 1.48. The van der Waals surface area contributed by atoms with Gasteiger partial charge in [0.1, 0.15) is 6.61 Å². The summed E-state index contributed by atoms with van der Waals surface area (Å²) in [6, 6.07) is 23.0. The predicted molar refractivity (Wildman–Crippen MR) is 109 cm³/mol. The van der Waals surface area contributed by atoms with Crippen LogP contribution in [0.4, 0.5) is 10.1 Å². The molecule has 0 spiro atoms. The van der Waals surface area contributed by atoms with Gasteiger partial charge in [0.25, 0.3) is 0 Å². The molecule has 6 heteroatoms. The van der Waals surface area contributed by atoms with E-state index in [1.165, 1.54) is 12.1 Å². The zero-order chi connectivity index (χ0) is 20.5. The van der Waals surface area contributed by atoms with Crippen LogP contribution in [0.3, 0.4) is 0 Å². The van der Waals surface area contributed by atoms with Crippen LogP contribution in [0.25, 0.3) is 0 Å². The molecule has 0 aromatic heterocycles. The molecule has 0 fully saturated rings. The van der Waals surface area contributed by atoms with Gasteiger partial charge in [0.15, 0.2) is 11.6 Å². The number of nitrogens with one attached hydrogen (secondary N) is 2. The fourth-order valence-corrected chi connectivity index (χ4v) is 2.66. The van der Waals surface area contributed by atoms with Crippen molar-refractivity contribution in [3.05, 3.63) is 95.8 Å². The number of rotatable bonds is 7. The van der Waals surface area contributed by atoms with Crippen molar-refractivity contribution in [2.75, 3.05) is 11.9 Å². The molecular formula is C23H21FN2O3. The number of ether oxygens (including phenoxy) is 1. The number of hydrogen-bond donors (Lipinski definition) is 2. The zero-order valence-electron chi connectivity index (χ0n) is 15.7. The third-order valence-corrected chi connectivity index (χ3v) is 4.18. The number of carbonyl (C=O) groups excluding carboxylic acids is 2. The Morgan fingerprint density at radius 2 is 1.48 bits per heavy atom. The Labute approximate surface area is 168 Å². The maximum absolute atomic E-state index is 14.2. The van der Waals surface area contributed by atoms with E-state index in [9.17, 15) is 14.0 Å². The zero-order valence-corrected chi connectivity index (χ0v) is 15.7. The van der Waals surface area contributed by atoms with Crippen LogP contribution >= 0.6 is 0 Å². The molecule has 0 saturated carbocycles. The van der Waals surface area contributed by atoms with Gasteiger partial charge in [-0.2, -0.15) is 0 Å². The quantitative estimate of drug-likeness (QED) is 0.603. The number of amides is 2. The average molecular weight is 392 g/mol. The molecule has 0 heterocycles. The number of anilines is 1. The van der Waals surface area contributed by atoms with Gasteiger partial charge in [-0.3, -0.25) is 9.59 Å². The first-order valence-electron chi connectivity index (χ1n) is 9.21. The highest BCUT2D eigenvalue weighted by molar-refractivity contribution is 6.39. The van der Waals surface area contributed by atoms with Crippen LogP contribution in [0.1, 0.15) is 11.1 Å². The summed E-state index contributed by atoms with van der Waals surface area (Å²) in [7, 11) is 0. The summed E-state index contributed by atoms with van der Waals surface area (Å²) < 4.78 is 19.7. The molecule has 148 valence electrons. The fourth-order valence-electron chi connectivity index (χ4n) is 2.66. The van der Waals surface area contributed by atoms with Gasteiger partial charge in [-0.25, -0.2) is 4.39 Å². The van der Waals surface area contributed by atoms with Crippen molar-refractivity contribution in [3.63, 3.8) is 0 Å². The van der Waals surface area contributed by atoms with Gasteiger partial charge in [0, 0.05) is 18.3 Å². The van der Waals surface area contributed by atoms with Crippen molar-refractivity contribution in [1.82, 2.24) is 5.32 Å². The second-order valence-corrected chi connectivity index (χ2v) is 6.37. The van der Waals surface area contributed by atoms with Crippen molar-refractivity contribution < 1.29 is 18.7 Å². The van der Waals surface area contributed by atoms with E-state index >= 15 is 0 Å². The maximum Gasteiger partial charge on any atom is 0.313 e. The van der Waals surface area contributed by atoms with Gasteiger partial charge in [-0.1, -0.05) is 60.7 Å². The Kier molecular flexibility index (Phi) is 6.95. The molecule has 0 bridgehead atoms. The fraction of sp³-hybridized carbons (Fsp3) is 0.130. The topological polar surface area (TPSA) is 67.4 Å². The van der Waals surface area contributed by atoms with E-state index in [2.05, 4.69) is 10.6 Å². The van der Waals surface area contributed by atoms with Crippen molar-refractivity contribution >= 4 is 17.5 Å². The summed E-state index contributed by atoms with van der Waals surface area (Å²) in [4.78, 5) is 23.9. The number of carbonyl (C=O) groups is 2. The van der Waals surface area contributed by atoms with Gasteiger partial charge < -0.3 is 15.4 Å². The predicted octanol–water partition coefficient (Wildman–Crippen LogP) is 3.70. The van der Waals surface area contributed by atoms with E-state index in [4.69, 9.17) is 4.74 Å². The highest BCUT2D eigenvalue weighted by Crippen LogP contribution is 2.22. The third kappa shape index (κ3) is 6.17. The largest absolute Gasteiger partial charge is 0.486 e. The molecule has 3 aromatic carbocycles. The summed E-state index contributed by atoms with van der Waals surface area (Å²) in [6.07, 6.45) is 0.613. The Morgan fingerprint density at radius 3 is 2.14 bits per heavy atom. The lowest BCUT2D eigenvalue weighted by molar-refractivity contribution is -0.136. The van der Waals surface area contributed by atoms with Crippen molar-refractivity contribution in [2.45, 2.75) is 13.0 Å². The van der Waals surface area contributed by atoms with Crippen LogP contribution in [0, 0.1) is 5.82 Å². The second kappa shape index (κ2) is 10.0. The molecule has 0 aliphatic heterocycles. The lowest BCUT2D eigenvalue weighted by atomic mass is 10.1. The minimum atomic E-state index is -0.851. The third-order valence-electron chi connectivity index (χ3n) is 4.18. The van der Waals surface area contributed by atoms with Crippen molar-refractivity contribution in [3.8, 4) is 5.75 Å². The number of hydrogen-bond acceptors (Lipinski definition) is 3. The molecule has 0 radical (unpaired) electrons. The van der Waals surface area contributed by atoms with E-state index in [1.807, 2.05) is 60.7 Å². The summed E-state index contributed by atoms with van der Waals surface area (Å²) >= 11 is 0. The molecule has 29 heavy (non-hydrogen) atoms. The van der Waals surface area contributed by atoms with Crippen LogP contribution in [-0.2, 0) is 22.6 Å². The lowest BCUT2D eigenvalue weighted by Crippen LogP contribution is -2.36. The SMILES string of the molecule is O=C(NCCc1ccccc1)C(=O)Nc1ccc(OCc2ccccc2)c(F)c1. The first-order valence-corrected chi connectivity index (χ1v) is 9.21. The minimum Gasteiger partial charge on any atom is -0.486 e. The molecule has 5 nitrogen and oxygen atoms in total. The molecule has 2 N–H and O–H groups in total. The van der Waals surface area contributed by atoms with Gasteiger partial charge in [-0.15, -0.1) is 0 Å². The van der Waals surface area contributed by atoms with Gasteiger partial charge in [-0.05, 0) is 29.7 Å². The van der Waals surface area contributed by atoms with E-state index < -0.39 is 17.6 Å². The monoisotopic (exact) mass is 392 g/mol. The van der Waals surface area contributed by atoms with E-state index in [1.54, 1.807) is 0 Å². The Hall–Kier alpha value is -3.67. The van der Waals surface area contributed by atoms with Crippen LogP contribution in [0.2, 0.25) is 0 Å². The van der Waals surface area contributed by atoms with E-state index in [0.717, 1.165) is 17.2 Å². The molecule has 3 rings (SSSR count). The summed E-state index contributed by atoms with van der Waals surface area (Å²) in [6.45, 7) is 0.560. The maximum atomic E-state index is 14.2. The smallest absolute Gasteiger partial charge is 0.313 e. The second-order valence-electron chi connectivity index (χ2n) is 6.37. The van der Waals surface area contributed by atoms with Crippen LogP contribution in [0.5, 0.6) is 5.75 Å². The normalized spacial score (nSPS) is 10.2. The Bertz CT molecular complexity index is 962. The van der Waals surface area contributed by atoms with Crippen LogP contribution in [0.15, 0.2) is 78.9 Å². The van der Waals surface area contributed by atoms with Crippen molar-refractivity contribution in [1.29, 1.82) is 0 Å². The molecule has 0 aliphatic carbocycles. The first-order chi connectivity index (χ1) is 14.1. The standard InChI is InChI=1S/C23H21FN2O3/c24-20-15-19(11-12-21(20)29-16-18-9-5-2-6-10-18)26-23(28)22(27)25-14-13-17-7-3-1-4-8-17/h1-12,15H,13-14,16H2,(H,25,27)(H,26,28). The van der Waals surface area contributed by atoms with Crippen molar-refractivity contribution in [2.24, 2.45) is 0 Å². The highest BCUT2D eigenvalue weighted by atomic mass is 19.1. The summed E-state index contributed by atoms with van der Waals surface area (Å²) in [5.74, 6) is -2.18. The van der Waals surface area contributed by atoms with Gasteiger partial charge in [0.2, 0.25) is 0 Å². The first kappa shape index (κ1) is 20.1. The summed E-state index contributed by atoms with van der Waals surface area (Å²) in [5, 5.41) is 4.93. The molecule has 0 saturated heterocycles. The summed E-state index contributed by atoms with van der Waals surface area (Å²) in [5.41, 5.74) is 2.15. The van der Waals surface area contributed by atoms with Gasteiger partial charge >= 0.3 is 11.8 Å². The van der Waals surface area contributed by atoms with Gasteiger partial charge in [0.05, 0.1) is 0 Å². The highest BCUT2D eigenvalue weighted by Gasteiger charge is 2.14. The van der Waals surface area contributed by atoms with Crippen LogP contribution in [-0.4, -0.2) is 18.4 Å². The number of benzene rings is 3. The van der Waals surface area contributed by atoms with Crippen LogP contribution < -0.4 is 15.4 Å². The molecule has 0 aliphatic rings.